The molecule has 0 aromatic rings. The summed E-state index contributed by atoms with van der Waals surface area (Å²) < 4.78 is 11.0. The van der Waals surface area contributed by atoms with E-state index in [0.717, 1.165) is 52.2 Å². The molecule has 1 heterocycles. The molecule has 1 saturated carbocycles. The van der Waals surface area contributed by atoms with E-state index in [9.17, 15) is 0 Å². The van der Waals surface area contributed by atoms with E-state index in [1.54, 1.807) is 0 Å². The minimum Gasteiger partial charge on any atom is -0.382 e. The molecule has 0 aromatic heterocycles. The van der Waals surface area contributed by atoms with Gasteiger partial charge >= 0.3 is 0 Å². The van der Waals surface area contributed by atoms with Gasteiger partial charge in [0.25, 0.3) is 0 Å². The van der Waals surface area contributed by atoms with E-state index in [1.165, 1.54) is 19.3 Å². The van der Waals surface area contributed by atoms with Crippen LogP contribution < -0.4 is 11.1 Å². The number of guanidine groups is 1. The number of halogens is 1. The number of ether oxygens (including phenoxy) is 2. The first-order valence-electron chi connectivity index (χ1n) is 7.97. The monoisotopic (exact) mass is 411 g/mol. The zero-order valence-electron chi connectivity index (χ0n) is 13.1. The molecule has 1 saturated heterocycles. The number of rotatable bonds is 8. The second-order valence-corrected chi connectivity index (χ2v) is 6.02. The molecule has 5 nitrogen and oxygen atoms in total. The lowest BCUT2D eigenvalue weighted by Crippen LogP contribution is -2.40. The van der Waals surface area contributed by atoms with Gasteiger partial charge in [-0.05, 0) is 44.4 Å². The lowest BCUT2D eigenvalue weighted by molar-refractivity contribution is 0.0609. The Morgan fingerprint density at radius 2 is 2.24 bits per heavy atom. The molecular formula is C15H30IN3O2. The first kappa shape index (κ1) is 19.0. The Bertz CT molecular complexity index is 316. The van der Waals surface area contributed by atoms with Crippen LogP contribution in [0.4, 0.5) is 0 Å². The van der Waals surface area contributed by atoms with Crippen molar-refractivity contribution in [3.63, 3.8) is 0 Å². The second kappa shape index (κ2) is 9.84. The Labute approximate surface area is 145 Å². The average Bonchev–Trinajstić information content (AvgIpc) is 2.91. The summed E-state index contributed by atoms with van der Waals surface area (Å²) in [5.74, 6) is 0.559. The number of hydrogen-bond acceptors (Lipinski definition) is 3. The van der Waals surface area contributed by atoms with Crippen LogP contribution in [0.25, 0.3) is 0 Å². The maximum Gasteiger partial charge on any atom is 0.188 e. The first-order valence-corrected chi connectivity index (χ1v) is 7.97. The van der Waals surface area contributed by atoms with Crippen LogP contribution in [0.3, 0.4) is 0 Å². The molecule has 124 valence electrons. The summed E-state index contributed by atoms with van der Waals surface area (Å²) in [7, 11) is 0. The number of aliphatic imine (C=N–C) groups is 1. The maximum absolute atomic E-state index is 5.94. The third-order valence-corrected chi connectivity index (χ3v) is 4.51. The van der Waals surface area contributed by atoms with Gasteiger partial charge in [-0.1, -0.05) is 6.42 Å². The third-order valence-electron chi connectivity index (χ3n) is 4.51. The minimum atomic E-state index is 0. The van der Waals surface area contributed by atoms with Crippen molar-refractivity contribution >= 4 is 29.9 Å². The highest BCUT2D eigenvalue weighted by Gasteiger charge is 2.36. The molecule has 1 atom stereocenters. The van der Waals surface area contributed by atoms with Crippen molar-refractivity contribution in [1.82, 2.24) is 5.32 Å². The van der Waals surface area contributed by atoms with Gasteiger partial charge in [-0.25, -0.2) is 0 Å². The molecule has 2 rings (SSSR count). The van der Waals surface area contributed by atoms with Crippen LogP contribution in [0, 0.1) is 5.41 Å². The number of nitrogens with one attached hydrogen (secondary N) is 1. The summed E-state index contributed by atoms with van der Waals surface area (Å²) in [6.07, 6.45) is 7.50. The molecule has 1 aliphatic carbocycles. The molecule has 2 aliphatic rings. The molecule has 1 aliphatic heterocycles. The van der Waals surface area contributed by atoms with Gasteiger partial charge in [0.05, 0.1) is 6.10 Å². The van der Waals surface area contributed by atoms with Crippen molar-refractivity contribution in [3.8, 4) is 0 Å². The van der Waals surface area contributed by atoms with Crippen LogP contribution in [0.5, 0.6) is 0 Å². The van der Waals surface area contributed by atoms with Crippen molar-refractivity contribution in [3.05, 3.63) is 0 Å². The smallest absolute Gasteiger partial charge is 0.188 e. The molecule has 2 fully saturated rings. The number of nitrogens with two attached hydrogens (primary N) is 1. The lowest BCUT2D eigenvalue weighted by Gasteiger charge is -2.40. The van der Waals surface area contributed by atoms with Crippen LogP contribution in [-0.2, 0) is 9.47 Å². The van der Waals surface area contributed by atoms with Crippen LogP contribution >= 0.6 is 24.0 Å². The predicted octanol–water partition coefficient (Wildman–Crippen LogP) is 2.28. The van der Waals surface area contributed by atoms with E-state index in [1.807, 2.05) is 6.92 Å². The van der Waals surface area contributed by atoms with Gasteiger partial charge in [0, 0.05) is 32.9 Å². The molecular weight excluding hydrogens is 381 g/mol. The Balaban J connectivity index is 0.00000220. The molecule has 0 bridgehead atoms. The molecule has 3 N–H and O–H groups in total. The van der Waals surface area contributed by atoms with Crippen LogP contribution in [0.2, 0.25) is 0 Å². The fraction of sp³-hybridized carbons (Fsp3) is 0.933. The Morgan fingerprint density at radius 1 is 1.43 bits per heavy atom. The van der Waals surface area contributed by atoms with Gasteiger partial charge in [-0.2, -0.15) is 0 Å². The Kier molecular flexibility index (Phi) is 8.89. The Hall–Kier alpha value is -0.0800. The summed E-state index contributed by atoms with van der Waals surface area (Å²) in [6, 6.07) is 0. The third kappa shape index (κ3) is 6.28. The molecule has 1 unspecified atom stereocenters. The van der Waals surface area contributed by atoms with Crippen molar-refractivity contribution in [2.45, 2.75) is 51.6 Å². The van der Waals surface area contributed by atoms with Gasteiger partial charge in [0.15, 0.2) is 5.96 Å². The van der Waals surface area contributed by atoms with Crippen LogP contribution in [0.1, 0.15) is 45.4 Å². The SMILES string of the molecule is CCOCCC1(CN=C(N)NCC2CCCO2)CCC1.I. The van der Waals surface area contributed by atoms with Gasteiger partial charge in [-0.3, -0.25) is 4.99 Å². The summed E-state index contributed by atoms with van der Waals surface area (Å²) in [5, 5.41) is 3.18. The zero-order valence-corrected chi connectivity index (χ0v) is 15.4. The quantitative estimate of drug-likeness (QED) is 0.278. The summed E-state index contributed by atoms with van der Waals surface area (Å²) >= 11 is 0. The fourth-order valence-electron chi connectivity index (χ4n) is 2.93. The van der Waals surface area contributed by atoms with Gasteiger partial charge in [0.2, 0.25) is 0 Å². The zero-order chi connectivity index (χ0) is 14.3. The highest BCUT2D eigenvalue weighted by Crippen LogP contribution is 2.44. The second-order valence-electron chi connectivity index (χ2n) is 6.02. The van der Waals surface area contributed by atoms with Crippen molar-refractivity contribution < 1.29 is 9.47 Å². The van der Waals surface area contributed by atoms with Crippen LogP contribution in [-0.4, -0.2) is 45.0 Å². The molecule has 6 heteroatoms. The largest absolute Gasteiger partial charge is 0.382 e. The first-order chi connectivity index (χ1) is 9.74. The van der Waals surface area contributed by atoms with Crippen LogP contribution in [0.15, 0.2) is 4.99 Å². The lowest BCUT2D eigenvalue weighted by atomic mass is 9.67. The predicted molar refractivity (Wildman–Crippen MR) is 96.3 cm³/mol. The number of nitrogens with zero attached hydrogens (tertiary/aromatic N) is 1. The number of hydrogen-bond donors (Lipinski definition) is 2. The summed E-state index contributed by atoms with van der Waals surface area (Å²) in [4.78, 5) is 4.53. The highest BCUT2D eigenvalue weighted by molar-refractivity contribution is 14.0. The molecule has 21 heavy (non-hydrogen) atoms. The van der Waals surface area contributed by atoms with Gasteiger partial charge in [0.1, 0.15) is 0 Å². The van der Waals surface area contributed by atoms with E-state index in [-0.39, 0.29) is 24.0 Å². The molecule has 0 spiro atoms. The topological polar surface area (TPSA) is 68.9 Å². The highest BCUT2D eigenvalue weighted by atomic mass is 127. The maximum atomic E-state index is 5.94. The van der Waals surface area contributed by atoms with Gasteiger partial charge < -0.3 is 20.5 Å². The molecule has 0 aromatic carbocycles. The fourth-order valence-corrected chi connectivity index (χ4v) is 2.93. The normalized spacial score (nSPS) is 24.2. The summed E-state index contributed by atoms with van der Waals surface area (Å²) in [6.45, 7) is 6.16. The van der Waals surface area contributed by atoms with E-state index < -0.39 is 0 Å². The molecule has 0 amide bonds. The van der Waals surface area contributed by atoms with Crippen molar-refractivity contribution in [2.24, 2.45) is 16.1 Å². The Morgan fingerprint density at radius 3 is 2.81 bits per heavy atom. The minimum absolute atomic E-state index is 0. The van der Waals surface area contributed by atoms with E-state index in [4.69, 9.17) is 15.2 Å². The van der Waals surface area contributed by atoms with E-state index in [0.29, 0.717) is 17.5 Å². The summed E-state index contributed by atoms with van der Waals surface area (Å²) in [5.41, 5.74) is 6.28. The average molecular weight is 411 g/mol. The van der Waals surface area contributed by atoms with Crippen molar-refractivity contribution in [1.29, 1.82) is 0 Å². The van der Waals surface area contributed by atoms with Gasteiger partial charge in [-0.15, -0.1) is 24.0 Å². The van der Waals surface area contributed by atoms with Crippen molar-refractivity contribution in [2.75, 3.05) is 32.9 Å². The van der Waals surface area contributed by atoms with E-state index >= 15 is 0 Å². The molecule has 0 radical (unpaired) electrons. The standard InChI is InChI=1S/C15H29N3O2.HI/c1-2-19-10-8-15(6-4-7-15)12-18-14(16)17-11-13-5-3-9-20-13;/h13H,2-12H2,1H3,(H3,16,17,18);1H. The van der Waals surface area contributed by atoms with E-state index in [2.05, 4.69) is 10.3 Å².